The van der Waals surface area contributed by atoms with Crippen LogP contribution in [0.1, 0.15) is 19.3 Å². The zero-order valence-electron chi connectivity index (χ0n) is 11.4. The molecule has 1 aliphatic heterocycles. The molecule has 0 aromatic heterocycles. The van der Waals surface area contributed by atoms with E-state index >= 15 is 0 Å². The van der Waals surface area contributed by atoms with Crippen molar-refractivity contribution in [3.05, 3.63) is 0 Å². The lowest BCUT2D eigenvalue weighted by molar-refractivity contribution is -0.141. The standard InChI is InChI=1S/C11H19N3O5S2/c12-21(18,19)5-1-4-13-11(17)14-8(10(15)16)6-20-9(14)7-2-3-7/h7-9H,1-6H2,(H,13,17)(H,15,16)(H2,12,18,19). The molecule has 120 valence electrons. The lowest BCUT2D eigenvalue weighted by Gasteiger charge is -2.27. The summed E-state index contributed by atoms with van der Waals surface area (Å²) in [7, 11) is -3.54. The smallest absolute Gasteiger partial charge is 0.327 e. The summed E-state index contributed by atoms with van der Waals surface area (Å²) in [5.74, 6) is -0.461. The minimum absolute atomic E-state index is 0.0932. The highest BCUT2D eigenvalue weighted by Crippen LogP contribution is 2.45. The van der Waals surface area contributed by atoms with Gasteiger partial charge in [-0.2, -0.15) is 0 Å². The van der Waals surface area contributed by atoms with Crippen molar-refractivity contribution >= 4 is 33.8 Å². The molecule has 21 heavy (non-hydrogen) atoms. The highest BCUT2D eigenvalue weighted by molar-refractivity contribution is 8.00. The lowest BCUT2D eigenvalue weighted by Crippen LogP contribution is -2.51. The van der Waals surface area contributed by atoms with Crippen molar-refractivity contribution in [3.8, 4) is 0 Å². The fourth-order valence-electron chi connectivity index (χ4n) is 2.28. The Balaban J connectivity index is 1.89. The summed E-state index contributed by atoms with van der Waals surface area (Å²) in [6, 6.07) is -1.27. The van der Waals surface area contributed by atoms with Crippen LogP contribution < -0.4 is 10.5 Å². The SMILES string of the molecule is NS(=O)(=O)CCCNC(=O)N1C(C(=O)O)CSC1C1CC1. The van der Waals surface area contributed by atoms with E-state index in [2.05, 4.69) is 5.32 Å². The van der Waals surface area contributed by atoms with E-state index in [0.29, 0.717) is 11.7 Å². The van der Waals surface area contributed by atoms with Gasteiger partial charge in [-0.05, 0) is 25.2 Å². The lowest BCUT2D eigenvalue weighted by atomic mass is 10.2. The van der Waals surface area contributed by atoms with Crippen LogP contribution in [-0.2, 0) is 14.8 Å². The number of carbonyl (C=O) groups is 2. The number of primary sulfonamides is 1. The van der Waals surface area contributed by atoms with Gasteiger partial charge in [0.05, 0.1) is 11.1 Å². The summed E-state index contributed by atoms with van der Waals surface area (Å²) in [6.07, 6.45) is 2.23. The Labute approximate surface area is 127 Å². The van der Waals surface area contributed by atoms with E-state index in [9.17, 15) is 23.1 Å². The average Bonchev–Trinajstić information content (AvgIpc) is 3.11. The molecule has 10 heteroatoms. The fraction of sp³-hybridized carbons (Fsp3) is 0.818. The normalized spacial score (nSPS) is 25.9. The van der Waals surface area contributed by atoms with Crippen LogP contribution in [0.3, 0.4) is 0 Å². The third kappa shape index (κ3) is 4.48. The third-order valence-corrected chi connectivity index (χ3v) is 5.78. The molecular formula is C11H19N3O5S2. The number of carbonyl (C=O) groups excluding carboxylic acids is 1. The molecule has 1 saturated carbocycles. The van der Waals surface area contributed by atoms with E-state index < -0.39 is 28.1 Å². The van der Waals surface area contributed by atoms with Crippen molar-refractivity contribution in [2.45, 2.75) is 30.7 Å². The summed E-state index contributed by atoms with van der Waals surface area (Å²) >= 11 is 1.50. The number of hydrogen-bond donors (Lipinski definition) is 3. The number of carboxylic acids is 1. The quantitative estimate of drug-likeness (QED) is 0.566. The number of nitrogens with two attached hydrogens (primary N) is 1. The van der Waals surface area contributed by atoms with E-state index in [4.69, 9.17) is 5.14 Å². The van der Waals surface area contributed by atoms with Gasteiger partial charge in [-0.1, -0.05) is 0 Å². The molecule has 0 aromatic rings. The monoisotopic (exact) mass is 337 g/mol. The highest BCUT2D eigenvalue weighted by Gasteiger charge is 2.47. The van der Waals surface area contributed by atoms with E-state index in [1.165, 1.54) is 16.7 Å². The molecule has 0 spiro atoms. The van der Waals surface area contributed by atoms with Crippen LogP contribution in [-0.4, -0.2) is 59.9 Å². The molecule has 4 N–H and O–H groups in total. The minimum atomic E-state index is -3.54. The first kappa shape index (κ1) is 16.4. The van der Waals surface area contributed by atoms with Gasteiger partial charge in [0.2, 0.25) is 10.0 Å². The first-order valence-corrected chi connectivity index (χ1v) is 9.47. The van der Waals surface area contributed by atoms with Gasteiger partial charge in [0, 0.05) is 12.3 Å². The molecular weight excluding hydrogens is 318 g/mol. The van der Waals surface area contributed by atoms with E-state index in [0.717, 1.165) is 12.8 Å². The third-order valence-electron chi connectivity index (χ3n) is 3.46. The second kappa shape index (κ2) is 6.41. The number of urea groups is 1. The summed E-state index contributed by atoms with van der Waals surface area (Å²) < 4.78 is 21.6. The van der Waals surface area contributed by atoms with Crippen LogP contribution in [0.15, 0.2) is 0 Å². The molecule has 0 radical (unpaired) electrons. The van der Waals surface area contributed by atoms with Gasteiger partial charge in [0.1, 0.15) is 6.04 Å². The molecule has 2 aliphatic rings. The van der Waals surface area contributed by atoms with Crippen LogP contribution in [0.25, 0.3) is 0 Å². The van der Waals surface area contributed by atoms with Gasteiger partial charge in [-0.3, -0.25) is 4.90 Å². The van der Waals surface area contributed by atoms with Crippen molar-refractivity contribution in [1.82, 2.24) is 10.2 Å². The predicted octanol–water partition coefficient (Wildman–Crippen LogP) is -0.387. The highest BCUT2D eigenvalue weighted by atomic mass is 32.2. The maximum Gasteiger partial charge on any atom is 0.327 e. The molecule has 2 rings (SSSR count). The van der Waals surface area contributed by atoms with E-state index in [1.807, 2.05) is 0 Å². The molecule has 1 aliphatic carbocycles. The Hall–Kier alpha value is -1.00. The second-order valence-corrected chi connectivity index (χ2v) is 8.16. The van der Waals surface area contributed by atoms with Crippen LogP contribution in [0, 0.1) is 5.92 Å². The summed E-state index contributed by atoms with van der Waals surface area (Å²) in [5.41, 5.74) is 0. The average molecular weight is 337 g/mol. The Morgan fingerprint density at radius 2 is 2.05 bits per heavy atom. The zero-order chi connectivity index (χ0) is 15.6. The van der Waals surface area contributed by atoms with Crippen molar-refractivity contribution in [2.24, 2.45) is 11.1 Å². The number of aliphatic carboxylic acids is 1. The van der Waals surface area contributed by atoms with Crippen molar-refractivity contribution < 1.29 is 23.1 Å². The van der Waals surface area contributed by atoms with Crippen molar-refractivity contribution in [1.29, 1.82) is 0 Å². The van der Waals surface area contributed by atoms with Gasteiger partial charge in [0.15, 0.2) is 0 Å². The first-order valence-electron chi connectivity index (χ1n) is 6.70. The summed E-state index contributed by atoms with van der Waals surface area (Å²) in [4.78, 5) is 24.8. The molecule has 8 nitrogen and oxygen atoms in total. The summed E-state index contributed by atoms with van der Waals surface area (Å²) in [5, 5.41) is 16.6. The summed E-state index contributed by atoms with van der Waals surface area (Å²) in [6.45, 7) is 0.153. The van der Waals surface area contributed by atoms with E-state index in [1.54, 1.807) is 0 Å². The maximum atomic E-state index is 12.2. The van der Waals surface area contributed by atoms with Gasteiger partial charge in [-0.15, -0.1) is 11.8 Å². The Morgan fingerprint density at radius 1 is 1.38 bits per heavy atom. The second-order valence-electron chi connectivity index (χ2n) is 5.28. The van der Waals surface area contributed by atoms with Crippen LogP contribution in [0.5, 0.6) is 0 Å². The molecule has 2 amide bonds. The molecule has 0 aromatic carbocycles. The molecule has 2 unspecified atom stereocenters. The van der Waals surface area contributed by atoms with Gasteiger partial charge < -0.3 is 10.4 Å². The van der Waals surface area contributed by atoms with Crippen molar-refractivity contribution in [2.75, 3.05) is 18.1 Å². The molecule has 0 bridgehead atoms. The molecule has 2 atom stereocenters. The molecule has 2 fully saturated rings. The van der Waals surface area contributed by atoms with Crippen LogP contribution in [0.2, 0.25) is 0 Å². The van der Waals surface area contributed by atoms with Crippen LogP contribution in [0.4, 0.5) is 4.79 Å². The zero-order valence-corrected chi connectivity index (χ0v) is 13.0. The van der Waals surface area contributed by atoms with E-state index in [-0.39, 0.29) is 24.1 Å². The Morgan fingerprint density at radius 3 is 2.57 bits per heavy atom. The predicted molar refractivity (Wildman–Crippen MR) is 78.2 cm³/mol. The van der Waals surface area contributed by atoms with Gasteiger partial charge >= 0.3 is 12.0 Å². The Bertz CT molecular complexity index is 520. The van der Waals surface area contributed by atoms with Gasteiger partial charge in [-0.25, -0.2) is 23.1 Å². The first-order chi connectivity index (χ1) is 9.79. The number of nitrogens with one attached hydrogen (secondary N) is 1. The van der Waals surface area contributed by atoms with Gasteiger partial charge in [0.25, 0.3) is 0 Å². The largest absolute Gasteiger partial charge is 0.480 e. The van der Waals surface area contributed by atoms with Crippen LogP contribution >= 0.6 is 11.8 Å². The number of rotatable bonds is 6. The topological polar surface area (TPSA) is 130 Å². The Kier molecular flexibility index (Phi) is 4.99. The molecule has 1 saturated heterocycles. The fourth-order valence-corrected chi connectivity index (χ4v) is 4.46. The number of hydrogen-bond acceptors (Lipinski definition) is 5. The number of thioether (sulfide) groups is 1. The van der Waals surface area contributed by atoms with Crippen molar-refractivity contribution in [3.63, 3.8) is 0 Å². The number of amides is 2. The molecule has 1 heterocycles. The number of carboxylic acid groups (broad SMARTS) is 1. The maximum absolute atomic E-state index is 12.2. The minimum Gasteiger partial charge on any atom is -0.480 e. The number of nitrogens with zero attached hydrogens (tertiary/aromatic N) is 1. The number of sulfonamides is 1.